The van der Waals surface area contributed by atoms with Gasteiger partial charge in [0.25, 0.3) is 0 Å². The Bertz CT molecular complexity index is 810. The van der Waals surface area contributed by atoms with E-state index < -0.39 is 46.4 Å². The van der Waals surface area contributed by atoms with Crippen molar-refractivity contribution >= 4 is 33.5 Å². The van der Waals surface area contributed by atoms with Crippen molar-refractivity contribution in [1.82, 2.24) is 0 Å². The average Bonchev–Trinajstić information content (AvgIpc) is 2.70. The minimum atomic E-state index is -0.777. The van der Waals surface area contributed by atoms with Crippen molar-refractivity contribution in [2.75, 3.05) is 24.7 Å². The van der Waals surface area contributed by atoms with Crippen LogP contribution >= 0.6 is 21.6 Å². The Labute approximate surface area is 178 Å². The summed E-state index contributed by atoms with van der Waals surface area (Å²) in [6.45, 7) is 0.0928. The second-order valence-electron chi connectivity index (χ2n) is 5.64. The molecule has 0 aliphatic rings. The molecule has 0 aliphatic heterocycles. The molecule has 2 aromatic rings. The summed E-state index contributed by atoms with van der Waals surface area (Å²) in [6, 6.07) is 3.89. The number of benzene rings is 2. The Hall–Kier alpha value is -3.12. The van der Waals surface area contributed by atoms with Gasteiger partial charge in [-0.3, -0.25) is 0 Å². The summed E-state index contributed by atoms with van der Waals surface area (Å²) in [5.41, 5.74) is -0.225. The Morgan fingerprint density at radius 1 is 0.633 bits per heavy atom. The minimum Gasteiger partial charge on any atom is -0.504 e. The second kappa shape index (κ2) is 10.6. The summed E-state index contributed by atoms with van der Waals surface area (Å²) in [7, 11) is 2.70. The van der Waals surface area contributed by atoms with Gasteiger partial charge in [-0.1, -0.05) is 21.6 Å². The molecule has 0 bridgehead atoms. The lowest BCUT2D eigenvalue weighted by Crippen LogP contribution is -2.08. The van der Waals surface area contributed by atoms with Crippen LogP contribution in [0.5, 0.6) is 34.5 Å². The molecule has 162 valence electrons. The Balaban J connectivity index is 1.62. The monoisotopic (exact) mass is 458 g/mol. The first-order chi connectivity index (χ1) is 14.2. The minimum absolute atomic E-state index is 0.0464. The second-order valence-corrected chi connectivity index (χ2v) is 8.34. The third-order valence-electron chi connectivity index (χ3n) is 3.49. The van der Waals surface area contributed by atoms with E-state index in [0.717, 1.165) is 24.3 Å². The highest BCUT2D eigenvalue weighted by atomic mass is 33.1. The first-order valence-electron chi connectivity index (χ1n) is 8.29. The van der Waals surface area contributed by atoms with Crippen LogP contribution in [0.25, 0.3) is 0 Å². The average molecular weight is 458 g/mol. The van der Waals surface area contributed by atoms with Crippen LogP contribution in [-0.2, 0) is 9.47 Å². The molecular weight excluding hydrogens is 440 g/mol. The van der Waals surface area contributed by atoms with Crippen molar-refractivity contribution in [3.63, 3.8) is 0 Å². The molecule has 2 rings (SSSR count). The number of esters is 2. The van der Waals surface area contributed by atoms with Crippen molar-refractivity contribution in [3.8, 4) is 34.5 Å². The smallest absolute Gasteiger partial charge is 0.338 e. The van der Waals surface area contributed by atoms with E-state index in [1.54, 1.807) is 0 Å². The van der Waals surface area contributed by atoms with Gasteiger partial charge in [0, 0.05) is 11.5 Å². The molecule has 0 radical (unpaired) electrons. The van der Waals surface area contributed by atoms with Crippen LogP contribution < -0.4 is 0 Å². The van der Waals surface area contributed by atoms with E-state index in [1.165, 1.54) is 21.6 Å². The zero-order valence-corrected chi connectivity index (χ0v) is 16.9. The zero-order valence-electron chi connectivity index (χ0n) is 15.3. The van der Waals surface area contributed by atoms with Gasteiger partial charge in [-0.2, -0.15) is 0 Å². The molecule has 0 atom stereocenters. The molecule has 0 amide bonds. The molecule has 0 saturated carbocycles. The van der Waals surface area contributed by atoms with Gasteiger partial charge < -0.3 is 40.1 Å². The summed E-state index contributed by atoms with van der Waals surface area (Å²) in [5.74, 6) is -4.73. The summed E-state index contributed by atoms with van der Waals surface area (Å²) in [4.78, 5) is 23.6. The Morgan fingerprint density at radius 3 is 1.23 bits per heavy atom. The lowest BCUT2D eigenvalue weighted by molar-refractivity contribution is 0.0519. The lowest BCUT2D eigenvalue weighted by atomic mass is 10.2. The SMILES string of the molecule is O=C(OCCSSCCOC(=O)c1cc(O)c(O)c(O)c1)c1cc(O)c(O)c(O)c1. The Morgan fingerprint density at radius 2 is 0.933 bits per heavy atom. The zero-order chi connectivity index (χ0) is 22.3. The molecule has 0 unspecified atom stereocenters. The van der Waals surface area contributed by atoms with Gasteiger partial charge in [0.05, 0.1) is 11.1 Å². The van der Waals surface area contributed by atoms with E-state index in [-0.39, 0.29) is 24.3 Å². The van der Waals surface area contributed by atoms with Crippen LogP contribution in [0.4, 0.5) is 0 Å². The normalized spacial score (nSPS) is 10.5. The maximum Gasteiger partial charge on any atom is 0.338 e. The van der Waals surface area contributed by atoms with E-state index in [2.05, 4.69) is 0 Å². The number of rotatable bonds is 9. The van der Waals surface area contributed by atoms with Gasteiger partial charge in [0.1, 0.15) is 13.2 Å². The number of hydrogen-bond donors (Lipinski definition) is 6. The number of aromatic hydroxyl groups is 6. The maximum atomic E-state index is 11.8. The number of phenols is 6. The highest BCUT2D eigenvalue weighted by molar-refractivity contribution is 8.76. The third kappa shape index (κ3) is 6.19. The Kier molecular flexibility index (Phi) is 8.18. The molecule has 0 fully saturated rings. The van der Waals surface area contributed by atoms with Crippen molar-refractivity contribution < 1.29 is 49.7 Å². The molecule has 0 spiro atoms. The third-order valence-corrected chi connectivity index (χ3v) is 5.83. The van der Waals surface area contributed by atoms with E-state index in [1.807, 2.05) is 0 Å². The molecule has 10 nitrogen and oxygen atoms in total. The number of hydrogen-bond acceptors (Lipinski definition) is 12. The first-order valence-corrected chi connectivity index (χ1v) is 10.8. The molecule has 0 heterocycles. The van der Waals surface area contributed by atoms with Gasteiger partial charge in [-0.25, -0.2) is 9.59 Å². The fourth-order valence-electron chi connectivity index (χ4n) is 2.07. The number of carbonyl (C=O) groups excluding carboxylic acids is 2. The van der Waals surface area contributed by atoms with Crippen molar-refractivity contribution in [2.24, 2.45) is 0 Å². The fourth-order valence-corrected chi connectivity index (χ4v) is 3.72. The molecule has 0 aromatic heterocycles. The van der Waals surface area contributed by atoms with Crippen LogP contribution in [0, 0.1) is 0 Å². The summed E-state index contributed by atoms with van der Waals surface area (Å²) < 4.78 is 9.96. The van der Waals surface area contributed by atoms with Crippen LogP contribution in [0.15, 0.2) is 24.3 Å². The van der Waals surface area contributed by atoms with Crippen molar-refractivity contribution in [2.45, 2.75) is 0 Å². The van der Waals surface area contributed by atoms with E-state index in [9.17, 15) is 40.2 Å². The van der Waals surface area contributed by atoms with Crippen LogP contribution in [0.2, 0.25) is 0 Å². The summed E-state index contributed by atoms with van der Waals surface area (Å²) in [5, 5.41) is 56.0. The van der Waals surface area contributed by atoms with Crippen LogP contribution in [0.1, 0.15) is 20.7 Å². The predicted molar refractivity (Wildman–Crippen MR) is 108 cm³/mol. The molecule has 0 aliphatic carbocycles. The molecule has 30 heavy (non-hydrogen) atoms. The highest BCUT2D eigenvalue weighted by Crippen LogP contribution is 2.36. The quantitative estimate of drug-likeness (QED) is 0.140. The fraction of sp³-hybridized carbons (Fsp3) is 0.222. The standard InChI is InChI=1S/C18H18O10S2/c19-11-5-9(6-12(20)15(11)23)17(25)27-1-3-29-30-4-2-28-18(26)10-7-13(21)16(24)14(22)8-10/h5-8,19-24H,1-4H2. The molecule has 2 aromatic carbocycles. The molecule has 12 heteroatoms. The number of phenolic OH excluding ortho intramolecular Hbond substituents is 6. The topological polar surface area (TPSA) is 174 Å². The van der Waals surface area contributed by atoms with Gasteiger partial charge in [-0.15, -0.1) is 0 Å². The van der Waals surface area contributed by atoms with E-state index in [0.29, 0.717) is 11.5 Å². The van der Waals surface area contributed by atoms with E-state index in [4.69, 9.17) is 9.47 Å². The molecule has 6 N–H and O–H groups in total. The van der Waals surface area contributed by atoms with Gasteiger partial charge in [0.2, 0.25) is 0 Å². The lowest BCUT2D eigenvalue weighted by Gasteiger charge is -2.08. The first kappa shape index (κ1) is 23.2. The number of ether oxygens (including phenoxy) is 2. The number of carbonyl (C=O) groups is 2. The van der Waals surface area contributed by atoms with Crippen molar-refractivity contribution in [3.05, 3.63) is 35.4 Å². The summed E-state index contributed by atoms with van der Waals surface area (Å²) in [6.07, 6.45) is 0. The predicted octanol–water partition coefficient (Wildman–Crippen LogP) is 2.32. The largest absolute Gasteiger partial charge is 0.504 e. The summed E-state index contributed by atoms with van der Waals surface area (Å²) >= 11 is 0. The van der Waals surface area contributed by atoms with E-state index >= 15 is 0 Å². The van der Waals surface area contributed by atoms with Crippen LogP contribution in [0.3, 0.4) is 0 Å². The van der Waals surface area contributed by atoms with Gasteiger partial charge >= 0.3 is 11.9 Å². The molecule has 0 saturated heterocycles. The maximum absolute atomic E-state index is 11.8. The van der Waals surface area contributed by atoms with Crippen LogP contribution in [-0.4, -0.2) is 67.3 Å². The molecular formula is C18H18O10S2. The van der Waals surface area contributed by atoms with Crippen molar-refractivity contribution in [1.29, 1.82) is 0 Å². The highest BCUT2D eigenvalue weighted by Gasteiger charge is 2.15. The van der Waals surface area contributed by atoms with Gasteiger partial charge in [0.15, 0.2) is 34.5 Å². The van der Waals surface area contributed by atoms with Gasteiger partial charge in [-0.05, 0) is 24.3 Å².